The van der Waals surface area contributed by atoms with Crippen molar-refractivity contribution >= 4 is 23.2 Å². The summed E-state index contributed by atoms with van der Waals surface area (Å²) in [6.45, 7) is 5.12. The minimum absolute atomic E-state index is 0.505. The van der Waals surface area contributed by atoms with E-state index in [0.717, 1.165) is 25.9 Å². The van der Waals surface area contributed by atoms with Crippen molar-refractivity contribution < 1.29 is 4.74 Å². The summed E-state index contributed by atoms with van der Waals surface area (Å²) in [5.41, 5.74) is 0. The lowest BCUT2D eigenvalue weighted by molar-refractivity contribution is 0.305. The molecule has 0 aliphatic carbocycles. The molecule has 0 saturated carbocycles. The Morgan fingerprint density at radius 3 is 2.63 bits per heavy atom. The van der Waals surface area contributed by atoms with E-state index in [2.05, 4.69) is 12.2 Å². The van der Waals surface area contributed by atoms with Gasteiger partial charge in [0.25, 0.3) is 0 Å². The van der Waals surface area contributed by atoms with Gasteiger partial charge in [0, 0.05) is 0 Å². The molecule has 0 saturated heterocycles. The van der Waals surface area contributed by atoms with Crippen LogP contribution in [0.25, 0.3) is 0 Å². The predicted octanol–water partition coefficient (Wildman–Crippen LogP) is 4.93. The van der Waals surface area contributed by atoms with Crippen molar-refractivity contribution in [3.05, 3.63) is 28.2 Å². The first kappa shape index (κ1) is 16.6. The van der Waals surface area contributed by atoms with Gasteiger partial charge in [-0.2, -0.15) is 0 Å². The second kappa shape index (κ2) is 10.4. The summed E-state index contributed by atoms with van der Waals surface area (Å²) >= 11 is 12.0. The number of hydrogen-bond donors (Lipinski definition) is 1. The molecule has 1 aromatic carbocycles. The van der Waals surface area contributed by atoms with Crippen LogP contribution in [0.1, 0.15) is 39.0 Å². The monoisotopic (exact) mass is 303 g/mol. The van der Waals surface area contributed by atoms with Gasteiger partial charge in [-0.25, -0.2) is 0 Å². The summed E-state index contributed by atoms with van der Waals surface area (Å²) in [6, 6.07) is 5.46. The van der Waals surface area contributed by atoms with Crippen LogP contribution in [0.4, 0.5) is 0 Å². The first-order valence-electron chi connectivity index (χ1n) is 7.03. The molecular formula is C15H23Cl2NO. The van der Waals surface area contributed by atoms with Crippen molar-refractivity contribution in [2.45, 2.75) is 39.0 Å². The largest absolute Gasteiger partial charge is 0.492 e. The third-order valence-corrected chi connectivity index (χ3v) is 3.68. The molecule has 1 N–H and O–H groups in total. The molecule has 0 aromatic heterocycles. The predicted molar refractivity (Wildman–Crippen MR) is 83.6 cm³/mol. The van der Waals surface area contributed by atoms with Gasteiger partial charge in [-0.3, -0.25) is 0 Å². The highest BCUT2D eigenvalue weighted by Gasteiger charge is 2.04. The molecule has 0 atom stereocenters. The van der Waals surface area contributed by atoms with E-state index in [9.17, 15) is 0 Å². The van der Waals surface area contributed by atoms with E-state index < -0.39 is 0 Å². The van der Waals surface area contributed by atoms with E-state index in [4.69, 9.17) is 27.9 Å². The van der Waals surface area contributed by atoms with E-state index >= 15 is 0 Å². The van der Waals surface area contributed by atoms with Crippen molar-refractivity contribution in [1.29, 1.82) is 0 Å². The summed E-state index contributed by atoms with van der Waals surface area (Å²) in [5.74, 6) is 0.676. The molecule has 0 bridgehead atoms. The number of benzene rings is 1. The van der Waals surface area contributed by atoms with Crippen LogP contribution in [0.2, 0.25) is 10.0 Å². The Labute approximate surface area is 126 Å². The highest BCUT2D eigenvalue weighted by atomic mass is 35.5. The van der Waals surface area contributed by atoms with E-state index in [0.29, 0.717) is 22.4 Å². The summed E-state index contributed by atoms with van der Waals surface area (Å²) in [4.78, 5) is 0. The average molecular weight is 304 g/mol. The standard InChI is InChI=1S/C15H23Cl2NO/c1-2-3-10-18-11-5-4-6-12-19-14-9-7-8-13(16)15(14)17/h7-9,18H,2-6,10-12H2,1H3. The maximum absolute atomic E-state index is 6.04. The van der Waals surface area contributed by atoms with E-state index in [1.807, 2.05) is 12.1 Å². The first-order chi connectivity index (χ1) is 9.25. The van der Waals surface area contributed by atoms with Crippen molar-refractivity contribution in [3.63, 3.8) is 0 Å². The summed E-state index contributed by atoms with van der Waals surface area (Å²) in [5, 5.41) is 4.48. The third-order valence-electron chi connectivity index (χ3n) is 2.88. The fourth-order valence-corrected chi connectivity index (χ4v) is 2.08. The van der Waals surface area contributed by atoms with Crippen molar-refractivity contribution in [1.82, 2.24) is 5.32 Å². The Kier molecular flexibility index (Phi) is 9.06. The molecule has 0 amide bonds. The zero-order chi connectivity index (χ0) is 13.9. The minimum atomic E-state index is 0.505. The Bertz CT molecular complexity index is 358. The Balaban J connectivity index is 2.03. The molecule has 0 radical (unpaired) electrons. The Hall–Kier alpha value is -0.440. The summed E-state index contributed by atoms with van der Waals surface area (Å²) in [6.07, 6.45) is 5.91. The van der Waals surface area contributed by atoms with E-state index in [-0.39, 0.29) is 0 Å². The van der Waals surface area contributed by atoms with Crippen LogP contribution < -0.4 is 10.1 Å². The lowest BCUT2D eigenvalue weighted by atomic mass is 10.2. The fourth-order valence-electron chi connectivity index (χ4n) is 1.73. The molecule has 0 aliphatic rings. The lowest BCUT2D eigenvalue weighted by Gasteiger charge is -2.09. The molecule has 0 fully saturated rings. The molecule has 108 valence electrons. The molecule has 0 unspecified atom stereocenters. The van der Waals surface area contributed by atoms with Gasteiger partial charge in [0.15, 0.2) is 0 Å². The molecule has 4 heteroatoms. The molecule has 0 heterocycles. The molecule has 19 heavy (non-hydrogen) atoms. The maximum Gasteiger partial charge on any atom is 0.139 e. The van der Waals surface area contributed by atoms with Crippen molar-refractivity contribution in [2.75, 3.05) is 19.7 Å². The molecule has 0 aliphatic heterocycles. The normalized spacial score (nSPS) is 10.7. The molecule has 1 aromatic rings. The maximum atomic E-state index is 6.04. The van der Waals surface area contributed by atoms with Crippen molar-refractivity contribution in [3.8, 4) is 5.75 Å². The van der Waals surface area contributed by atoms with E-state index in [1.165, 1.54) is 19.3 Å². The minimum Gasteiger partial charge on any atom is -0.492 e. The van der Waals surface area contributed by atoms with Gasteiger partial charge in [-0.15, -0.1) is 0 Å². The van der Waals surface area contributed by atoms with Gasteiger partial charge in [-0.1, -0.05) is 42.6 Å². The molecule has 1 rings (SSSR count). The van der Waals surface area contributed by atoms with Crippen LogP contribution in [0.3, 0.4) is 0 Å². The van der Waals surface area contributed by atoms with Crippen LogP contribution in [-0.2, 0) is 0 Å². The van der Waals surface area contributed by atoms with Gasteiger partial charge in [-0.05, 0) is 50.9 Å². The van der Waals surface area contributed by atoms with Crippen LogP contribution in [0.15, 0.2) is 18.2 Å². The third kappa shape index (κ3) is 7.05. The van der Waals surface area contributed by atoms with Crippen molar-refractivity contribution in [2.24, 2.45) is 0 Å². The Morgan fingerprint density at radius 2 is 1.84 bits per heavy atom. The summed E-state index contributed by atoms with van der Waals surface area (Å²) < 4.78 is 5.63. The van der Waals surface area contributed by atoms with E-state index in [1.54, 1.807) is 6.07 Å². The van der Waals surface area contributed by atoms with Gasteiger partial charge < -0.3 is 10.1 Å². The first-order valence-corrected chi connectivity index (χ1v) is 7.78. The number of ether oxygens (including phenoxy) is 1. The number of rotatable bonds is 10. The second-order valence-corrected chi connectivity index (χ2v) is 5.35. The molecule has 0 spiro atoms. The van der Waals surface area contributed by atoms with Gasteiger partial charge in [0.1, 0.15) is 10.8 Å². The molecular weight excluding hydrogens is 281 g/mol. The zero-order valence-corrected chi connectivity index (χ0v) is 13.1. The fraction of sp³-hybridized carbons (Fsp3) is 0.600. The highest BCUT2D eigenvalue weighted by molar-refractivity contribution is 6.42. The van der Waals surface area contributed by atoms with Crippen LogP contribution in [0.5, 0.6) is 5.75 Å². The summed E-state index contributed by atoms with van der Waals surface area (Å²) in [7, 11) is 0. The number of halogens is 2. The zero-order valence-electron chi connectivity index (χ0n) is 11.6. The Morgan fingerprint density at radius 1 is 1.05 bits per heavy atom. The quantitative estimate of drug-likeness (QED) is 0.619. The van der Waals surface area contributed by atoms with Crippen LogP contribution in [0, 0.1) is 0 Å². The SMILES string of the molecule is CCCCNCCCCCOc1cccc(Cl)c1Cl. The topological polar surface area (TPSA) is 21.3 Å². The van der Waals surface area contributed by atoms with Gasteiger partial charge in [0.2, 0.25) is 0 Å². The van der Waals surface area contributed by atoms with Gasteiger partial charge in [0.05, 0.1) is 11.6 Å². The van der Waals surface area contributed by atoms with Crippen LogP contribution in [-0.4, -0.2) is 19.7 Å². The number of unbranched alkanes of at least 4 members (excludes halogenated alkanes) is 3. The lowest BCUT2D eigenvalue weighted by Crippen LogP contribution is -2.16. The molecule has 2 nitrogen and oxygen atoms in total. The number of nitrogens with one attached hydrogen (secondary N) is 1. The van der Waals surface area contributed by atoms with Gasteiger partial charge >= 0.3 is 0 Å². The smallest absolute Gasteiger partial charge is 0.139 e. The van der Waals surface area contributed by atoms with Crippen LogP contribution >= 0.6 is 23.2 Å². The average Bonchev–Trinajstić information content (AvgIpc) is 2.41. The second-order valence-electron chi connectivity index (χ2n) is 4.56. The number of hydrogen-bond acceptors (Lipinski definition) is 2. The highest BCUT2D eigenvalue weighted by Crippen LogP contribution is 2.31.